The van der Waals surface area contributed by atoms with Gasteiger partial charge in [-0.05, 0) is 55.4 Å². The Morgan fingerprint density at radius 3 is 2.35 bits per heavy atom. The molecule has 2 aromatic rings. The second-order valence-corrected chi connectivity index (χ2v) is 9.26. The van der Waals surface area contributed by atoms with Gasteiger partial charge in [0.05, 0.1) is 0 Å². The molecule has 2 amide bonds. The second kappa shape index (κ2) is 9.21. The number of carbonyl (C=O) groups excluding carboxylic acids is 2. The first-order chi connectivity index (χ1) is 15.0. The predicted molar refractivity (Wildman–Crippen MR) is 119 cm³/mol. The van der Waals surface area contributed by atoms with Gasteiger partial charge in [-0.1, -0.05) is 55.3 Å². The standard InChI is InChI=1S/C26H31FN2O2/c27-22-10-8-20(9-11-22)18-26(17-13-24(31)29-26)16-12-23(30)28-19-25(14-4-5-15-25)21-6-2-1-3-7-21/h1-3,6-11H,4-5,12-19H2,(H,28,30)(H,29,31)/t26-/m1/s1. The Morgan fingerprint density at radius 2 is 1.71 bits per heavy atom. The van der Waals surface area contributed by atoms with Gasteiger partial charge < -0.3 is 10.6 Å². The van der Waals surface area contributed by atoms with Crippen molar-refractivity contribution >= 4 is 11.8 Å². The summed E-state index contributed by atoms with van der Waals surface area (Å²) >= 11 is 0. The molecule has 1 saturated carbocycles. The quantitative estimate of drug-likeness (QED) is 0.661. The maximum atomic E-state index is 13.3. The maximum absolute atomic E-state index is 13.3. The Morgan fingerprint density at radius 1 is 1.00 bits per heavy atom. The van der Waals surface area contributed by atoms with E-state index in [1.165, 1.54) is 30.5 Å². The van der Waals surface area contributed by atoms with E-state index in [0.717, 1.165) is 18.4 Å². The largest absolute Gasteiger partial charge is 0.355 e. The van der Waals surface area contributed by atoms with E-state index in [1.807, 2.05) is 6.07 Å². The lowest BCUT2D eigenvalue weighted by atomic mass is 9.78. The number of carbonyl (C=O) groups is 2. The van der Waals surface area contributed by atoms with E-state index in [4.69, 9.17) is 0 Å². The molecule has 1 heterocycles. The zero-order valence-electron chi connectivity index (χ0n) is 18.0. The van der Waals surface area contributed by atoms with Gasteiger partial charge in [-0.2, -0.15) is 0 Å². The smallest absolute Gasteiger partial charge is 0.220 e. The summed E-state index contributed by atoms with van der Waals surface area (Å²) in [7, 11) is 0. The molecular formula is C26H31FN2O2. The summed E-state index contributed by atoms with van der Waals surface area (Å²) in [6.45, 7) is 0.660. The number of hydrogen-bond donors (Lipinski definition) is 2. The van der Waals surface area contributed by atoms with Gasteiger partial charge in [0.25, 0.3) is 0 Å². The average Bonchev–Trinajstić information content (AvgIpc) is 3.41. The van der Waals surface area contributed by atoms with E-state index < -0.39 is 5.54 Å². The van der Waals surface area contributed by atoms with Crippen molar-refractivity contribution in [2.24, 2.45) is 0 Å². The van der Waals surface area contributed by atoms with Crippen LogP contribution in [0.15, 0.2) is 54.6 Å². The van der Waals surface area contributed by atoms with Crippen molar-refractivity contribution in [1.82, 2.24) is 10.6 Å². The van der Waals surface area contributed by atoms with Gasteiger partial charge in [0.15, 0.2) is 0 Å². The Hall–Kier alpha value is -2.69. The highest BCUT2D eigenvalue weighted by molar-refractivity contribution is 5.80. The lowest BCUT2D eigenvalue weighted by Crippen LogP contribution is -2.45. The van der Waals surface area contributed by atoms with Gasteiger partial charge in [-0.3, -0.25) is 9.59 Å². The number of hydrogen-bond acceptors (Lipinski definition) is 2. The summed E-state index contributed by atoms with van der Waals surface area (Å²) in [6.07, 6.45) is 7.32. The molecule has 0 radical (unpaired) electrons. The molecule has 1 atom stereocenters. The molecule has 1 aliphatic carbocycles. The fraction of sp³-hybridized carbons (Fsp3) is 0.462. The number of benzene rings is 2. The Labute approximate surface area is 183 Å². The van der Waals surface area contributed by atoms with E-state index in [9.17, 15) is 14.0 Å². The van der Waals surface area contributed by atoms with Crippen LogP contribution in [0.5, 0.6) is 0 Å². The first kappa shape index (κ1) is 21.5. The van der Waals surface area contributed by atoms with Crippen molar-refractivity contribution in [3.63, 3.8) is 0 Å². The third-order valence-electron chi connectivity index (χ3n) is 7.09. The highest BCUT2D eigenvalue weighted by Crippen LogP contribution is 2.40. The van der Waals surface area contributed by atoms with Crippen molar-refractivity contribution in [3.05, 3.63) is 71.5 Å². The molecule has 1 saturated heterocycles. The molecular weight excluding hydrogens is 391 g/mol. The topological polar surface area (TPSA) is 58.2 Å². The highest BCUT2D eigenvalue weighted by Gasteiger charge is 2.39. The summed E-state index contributed by atoms with van der Waals surface area (Å²) in [5.41, 5.74) is 1.88. The SMILES string of the molecule is O=C(CC[C@]1(Cc2ccc(F)cc2)CCC(=O)N1)NCC1(c2ccccc2)CCCC1. The average molecular weight is 423 g/mol. The Kier molecular flexibility index (Phi) is 6.40. The van der Waals surface area contributed by atoms with Gasteiger partial charge in [-0.25, -0.2) is 4.39 Å². The zero-order chi connectivity index (χ0) is 21.7. The molecule has 1 aliphatic heterocycles. The molecule has 4 rings (SSSR count). The Balaban J connectivity index is 1.37. The van der Waals surface area contributed by atoms with E-state index >= 15 is 0 Å². The zero-order valence-corrected chi connectivity index (χ0v) is 18.0. The minimum atomic E-state index is -0.434. The molecule has 2 aliphatic rings. The van der Waals surface area contributed by atoms with Gasteiger partial charge >= 0.3 is 0 Å². The van der Waals surface area contributed by atoms with Crippen LogP contribution in [0.3, 0.4) is 0 Å². The van der Waals surface area contributed by atoms with Crippen molar-refractivity contribution in [1.29, 1.82) is 0 Å². The van der Waals surface area contributed by atoms with E-state index in [-0.39, 0.29) is 23.0 Å². The lowest BCUT2D eigenvalue weighted by Gasteiger charge is -2.31. The predicted octanol–water partition coefficient (Wildman–Crippen LogP) is 4.43. The normalized spacial score (nSPS) is 22.3. The van der Waals surface area contributed by atoms with Crippen LogP contribution in [0.1, 0.15) is 62.5 Å². The van der Waals surface area contributed by atoms with Crippen LogP contribution in [0.25, 0.3) is 0 Å². The van der Waals surface area contributed by atoms with Crippen molar-refractivity contribution in [2.45, 2.75) is 68.7 Å². The minimum absolute atomic E-state index is 0.0245. The lowest BCUT2D eigenvalue weighted by molar-refractivity contribution is -0.123. The third kappa shape index (κ3) is 5.15. The van der Waals surface area contributed by atoms with Crippen LogP contribution in [0.4, 0.5) is 4.39 Å². The molecule has 0 aromatic heterocycles. The molecule has 4 nitrogen and oxygen atoms in total. The number of nitrogens with one attached hydrogen (secondary N) is 2. The third-order valence-corrected chi connectivity index (χ3v) is 7.09. The molecule has 2 fully saturated rings. The first-order valence-corrected chi connectivity index (χ1v) is 11.4. The van der Waals surface area contributed by atoms with E-state index in [0.29, 0.717) is 38.6 Å². The molecule has 2 N–H and O–H groups in total. The molecule has 0 bridgehead atoms. The first-order valence-electron chi connectivity index (χ1n) is 11.4. The summed E-state index contributed by atoms with van der Waals surface area (Å²) < 4.78 is 13.3. The highest BCUT2D eigenvalue weighted by atomic mass is 19.1. The van der Waals surface area contributed by atoms with E-state index in [1.54, 1.807) is 12.1 Å². The molecule has 0 spiro atoms. The van der Waals surface area contributed by atoms with Gasteiger partial charge in [-0.15, -0.1) is 0 Å². The summed E-state index contributed by atoms with van der Waals surface area (Å²) in [6, 6.07) is 16.9. The maximum Gasteiger partial charge on any atom is 0.220 e. The van der Waals surface area contributed by atoms with Gasteiger partial charge in [0.1, 0.15) is 5.82 Å². The monoisotopic (exact) mass is 422 g/mol. The fourth-order valence-electron chi connectivity index (χ4n) is 5.29. The van der Waals surface area contributed by atoms with Crippen LogP contribution in [-0.4, -0.2) is 23.9 Å². The van der Waals surface area contributed by atoms with Gasteiger partial charge in [0.2, 0.25) is 11.8 Å². The number of rotatable bonds is 8. The fourth-order valence-corrected chi connectivity index (χ4v) is 5.29. The van der Waals surface area contributed by atoms with Crippen LogP contribution in [0, 0.1) is 5.82 Å². The molecule has 2 aromatic carbocycles. The van der Waals surface area contributed by atoms with Crippen LogP contribution in [-0.2, 0) is 21.4 Å². The van der Waals surface area contributed by atoms with Crippen molar-refractivity contribution < 1.29 is 14.0 Å². The molecule has 164 valence electrons. The summed E-state index contributed by atoms with van der Waals surface area (Å²) in [5.74, 6) is -0.217. The van der Waals surface area contributed by atoms with Crippen LogP contribution >= 0.6 is 0 Å². The molecule has 5 heteroatoms. The van der Waals surface area contributed by atoms with Crippen LogP contribution in [0.2, 0.25) is 0 Å². The second-order valence-electron chi connectivity index (χ2n) is 9.26. The van der Waals surface area contributed by atoms with Crippen LogP contribution < -0.4 is 10.6 Å². The van der Waals surface area contributed by atoms with Crippen molar-refractivity contribution in [3.8, 4) is 0 Å². The number of halogens is 1. The van der Waals surface area contributed by atoms with Crippen molar-refractivity contribution in [2.75, 3.05) is 6.54 Å². The van der Waals surface area contributed by atoms with E-state index in [2.05, 4.69) is 34.9 Å². The van der Waals surface area contributed by atoms with Gasteiger partial charge in [0, 0.05) is 30.3 Å². The molecule has 0 unspecified atom stereocenters. The minimum Gasteiger partial charge on any atom is -0.355 e. The summed E-state index contributed by atoms with van der Waals surface area (Å²) in [5, 5.41) is 6.29. The Bertz CT molecular complexity index is 907. The summed E-state index contributed by atoms with van der Waals surface area (Å²) in [4.78, 5) is 24.8. The number of amides is 2. The molecule has 31 heavy (non-hydrogen) atoms.